The van der Waals surface area contributed by atoms with E-state index in [2.05, 4.69) is 14.1 Å². The SMILES string of the molecule is O=C(O)c1coc(Oc2ccccc2OC(F)(F)F)n1. The molecule has 6 nitrogen and oxygen atoms in total. The van der Waals surface area contributed by atoms with Gasteiger partial charge in [0.05, 0.1) is 0 Å². The lowest BCUT2D eigenvalue weighted by Gasteiger charge is -2.11. The van der Waals surface area contributed by atoms with E-state index in [1.807, 2.05) is 0 Å². The molecule has 20 heavy (non-hydrogen) atoms. The zero-order chi connectivity index (χ0) is 14.8. The molecule has 0 fully saturated rings. The standard InChI is InChI=1S/C11H6F3NO5/c12-11(13,14)20-8-4-2-1-3-7(8)19-10-15-6(5-18-10)9(16)17/h1-5H,(H,16,17). The smallest absolute Gasteiger partial charge is 0.476 e. The summed E-state index contributed by atoms with van der Waals surface area (Å²) in [6.45, 7) is 0. The zero-order valence-electron chi connectivity index (χ0n) is 9.55. The number of carbonyl (C=O) groups is 1. The van der Waals surface area contributed by atoms with E-state index >= 15 is 0 Å². The van der Waals surface area contributed by atoms with Crippen LogP contribution in [0, 0.1) is 0 Å². The maximum Gasteiger partial charge on any atom is 0.573 e. The van der Waals surface area contributed by atoms with Crippen LogP contribution in [0.3, 0.4) is 0 Å². The molecule has 9 heteroatoms. The van der Waals surface area contributed by atoms with Crippen molar-refractivity contribution in [2.24, 2.45) is 0 Å². The molecule has 1 heterocycles. The van der Waals surface area contributed by atoms with E-state index in [1.54, 1.807) is 0 Å². The lowest BCUT2D eigenvalue weighted by Crippen LogP contribution is -2.17. The summed E-state index contributed by atoms with van der Waals surface area (Å²) in [7, 11) is 0. The van der Waals surface area contributed by atoms with Crippen LogP contribution in [0.4, 0.5) is 13.2 Å². The molecule has 106 valence electrons. The predicted octanol–water partition coefficient (Wildman–Crippen LogP) is 3.06. The number of para-hydroxylation sites is 2. The van der Waals surface area contributed by atoms with Crippen LogP contribution >= 0.6 is 0 Å². The number of hydrogen-bond acceptors (Lipinski definition) is 5. The van der Waals surface area contributed by atoms with Crippen LogP contribution in [0.25, 0.3) is 0 Å². The molecule has 0 aliphatic rings. The van der Waals surface area contributed by atoms with E-state index in [4.69, 9.17) is 9.84 Å². The van der Waals surface area contributed by atoms with E-state index in [-0.39, 0.29) is 5.75 Å². The number of alkyl halides is 3. The maximum absolute atomic E-state index is 12.2. The fraction of sp³-hybridized carbons (Fsp3) is 0.0909. The third-order valence-corrected chi connectivity index (χ3v) is 1.97. The summed E-state index contributed by atoms with van der Waals surface area (Å²) in [4.78, 5) is 14.0. The number of hydrogen-bond donors (Lipinski definition) is 1. The number of aromatic carboxylic acids is 1. The minimum atomic E-state index is -4.89. The Kier molecular flexibility index (Phi) is 3.51. The molecule has 0 atom stereocenters. The number of carboxylic acids is 1. The fourth-order valence-electron chi connectivity index (χ4n) is 1.24. The molecule has 0 amide bonds. The van der Waals surface area contributed by atoms with Gasteiger partial charge in [-0.15, -0.1) is 13.2 Å². The van der Waals surface area contributed by atoms with E-state index in [0.717, 1.165) is 12.3 Å². The van der Waals surface area contributed by atoms with Gasteiger partial charge in [-0.25, -0.2) is 4.79 Å². The van der Waals surface area contributed by atoms with Crippen LogP contribution in [0.1, 0.15) is 10.5 Å². The number of halogens is 3. The van der Waals surface area contributed by atoms with Crippen molar-refractivity contribution in [2.75, 3.05) is 0 Å². The first-order valence-corrected chi connectivity index (χ1v) is 5.06. The van der Waals surface area contributed by atoms with E-state index < -0.39 is 29.9 Å². The number of aromatic nitrogens is 1. The van der Waals surface area contributed by atoms with Gasteiger partial charge in [-0.2, -0.15) is 4.98 Å². The summed E-state index contributed by atoms with van der Waals surface area (Å²) < 4.78 is 49.9. The van der Waals surface area contributed by atoms with Crippen LogP contribution in [0.2, 0.25) is 0 Å². The molecule has 0 unspecified atom stereocenters. The van der Waals surface area contributed by atoms with Crippen molar-refractivity contribution in [1.82, 2.24) is 4.98 Å². The van der Waals surface area contributed by atoms with E-state index in [1.165, 1.54) is 18.2 Å². The summed E-state index contributed by atoms with van der Waals surface area (Å²) in [5, 5.41) is 8.62. The van der Waals surface area contributed by atoms with Crippen molar-refractivity contribution < 1.29 is 37.0 Å². The Morgan fingerprint density at radius 1 is 1.25 bits per heavy atom. The molecule has 1 aromatic heterocycles. The van der Waals surface area contributed by atoms with Gasteiger partial charge in [0.15, 0.2) is 17.2 Å². The number of ether oxygens (including phenoxy) is 2. The fourth-order valence-corrected chi connectivity index (χ4v) is 1.24. The Hall–Kier alpha value is -2.71. The first-order valence-electron chi connectivity index (χ1n) is 5.06. The van der Waals surface area contributed by atoms with Gasteiger partial charge in [-0.3, -0.25) is 0 Å². The number of benzene rings is 1. The second-order valence-corrected chi connectivity index (χ2v) is 3.40. The van der Waals surface area contributed by atoms with Gasteiger partial charge in [-0.05, 0) is 12.1 Å². The molecular weight excluding hydrogens is 283 g/mol. The third kappa shape index (κ3) is 3.40. The van der Waals surface area contributed by atoms with Crippen LogP contribution in [0.15, 0.2) is 34.9 Å². The first-order chi connectivity index (χ1) is 9.35. The molecule has 1 aromatic carbocycles. The van der Waals surface area contributed by atoms with Crippen molar-refractivity contribution in [2.45, 2.75) is 6.36 Å². The predicted molar refractivity (Wildman–Crippen MR) is 56.7 cm³/mol. The molecule has 0 radical (unpaired) electrons. The van der Waals surface area contributed by atoms with Gasteiger partial charge in [0, 0.05) is 0 Å². The minimum absolute atomic E-state index is 0.316. The molecule has 0 spiro atoms. The molecule has 0 aliphatic carbocycles. The molecule has 0 saturated carbocycles. The summed E-state index contributed by atoms with van der Waals surface area (Å²) in [5.41, 5.74) is -0.436. The number of carboxylic acid groups (broad SMARTS) is 1. The topological polar surface area (TPSA) is 81.8 Å². The summed E-state index contributed by atoms with van der Waals surface area (Å²) in [6.07, 6.45) is -4.60. The Morgan fingerprint density at radius 3 is 2.45 bits per heavy atom. The second-order valence-electron chi connectivity index (χ2n) is 3.40. The van der Waals surface area contributed by atoms with Crippen molar-refractivity contribution in [3.63, 3.8) is 0 Å². The van der Waals surface area contributed by atoms with Crippen molar-refractivity contribution >= 4 is 5.97 Å². The normalized spacial score (nSPS) is 11.2. The molecule has 2 rings (SSSR count). The first kappa shape index (κ1) is 13.7. The maximum atomic E-state index is 12.2. The highest BCUT2D eigenvalue weighted by atomic mass is 19.4. The van der Waals surface area contributed by atoms with Gasteiger partial charge in [0.1, 0.15) is 6.26 Å². The quantitative estimate of drug-likeness (QED) is 0.931. The second kappa shape index (κ2) is 5.11. The van der Waals surface area contributed by atoms with Crippen LogP contribution in [-0.2, 0) is 0 Å². The molecule has 2 aromatic rings. The summed E-state index contributed by atoms with van der Waals surface area (Å²) in [6, 6.07) is 4.93. The van der Waals surface area contributed by atoms with Gasteiger partial charge >= 0.3 is 18.4 Å². The highest BCUT2D eigenvalue weighted by Gasteiger charge is 2.32. The van der Waals surface area contributed by atoms with E-state index in [9.17, 15) is 18.0 Å². The minimum Gasteiger partial charge on any atom is -0.476 e. The van der Waals surface area contributed by atoms with Gasteiger partial charge in [0.25, 0.3) is 0 Å². The lowest BCUT2D eigenvalue weighted by molar-refractivity contribution is -0.275. The Labute approximate surface area is 109 Å². The van der Waals surface area contributed by atoms with Crippen molar-refractivity contribution in [3.05, 3.63) is 36.2 Å². The Morgan fingerprint density at radius 2 is 1.90 bits per heavy atom. The van der Waals surface area contributed by atoms with Crippen LogP contribution < -0.4 is 9.47 Å². The average Bonchev–Trinajstić information content (AvgIpc) is 2.78. The average molecular weight is 289 g/mol. The molecule has 0 aliphatic heterocycles. The molecule has 0 saturated heterocycles. The summed E-state index contributed by atoms with van der Waals surface area (Å²) in [5.74, 6) is -2.28. The Bertz CT molecular complexity index is 623. The molecule has 1 N–H and O–H groups in total. The van der Waals surface area contributed by atoms with Gasteiger partial charge < -0.3 is 19.0 Å². The highest BCUT2D eigenvalue weighted by Crippen LogP contribution is 2.34. The zero-order valence-corrected chi connectivity index (χ0v) is 9.55. The summed E-state index contributed by atoms with van der Waals surface area (Å²) >= 11 is 0. The van der Waals surface area contributed by atoms with Crippen LogP contribution in [0.5, 0.6) is 17.6 Å². The van der Waals surface area contributed by atoms with Gasteiger partial charge in [-0.1, -0.05) is 12.1 Å². The number of oxazole rings is 1. The third-order valence-electron chi connectivity index (χ3n) is 1.97. The largest absolute Gasteiger partial charge is 0.573 e. The lowest BCUT2D eigenvalue weighted by atomic mass is 10.3. The van der Waals surface area contributed by atoms with Gasteiger partial charge in [0.2, 0.25) is 0 Å². The van der Waals surface area contributed by atoms with Crippen LogP contribution in [-0.4, -0.2) is 22.4 Å². The van der Waals surface area contributed by atoms with Crippen molar-refractivity contribution in [3.8, 4) is 17.6 Å². The highest BCUT2D eigenvalue weighted by molar-refractivity contribution is 5.84. The molecule has 0 bridgehead atoms. The van der Waals surface area contributed by atoms with Crippen molar-refractivity contribution in [1.29, 1.82) is 0 Å². The molecular formula is C11H6F3NO5. The monoisotopic (exact) mass is 289 g/mol. The number of rotatable bonds is 4. The van der Waals surface area contributed by atoms with E-state index in [0.29, 0.717) is 0 Å². The number of nitrogens with zero attached hydrogens (tertiary/aromatic N) is 1. The Balaban J connectivity index is 2.22.